The first-order valence-electron chi connectivity index (χ1n) is 8.38. The van der Waals surface area contributed by atoms with Gasteiger partial charge in [-0.1, -0.05) is 26.8 Å². The van der Waals surface area contributed by atoms with Gasteiger partial charge in [-0.25, -0.2) is 4.98 Å². The second-order valence-corrected chi connectivity index (χ2v) is 7.32. The van der Waals surface area contributed by atoms with E-state index >= 15 is 0 Å². The fourth-order valence-corrected chi connectivity index (χ4v) is 2.29. The van der Waals surface area contributed by atoms with E-state index < -0.39 is 18.8 Å². The van der Waals surface area contributed by atoms with Crippen LogP contribution >= 0.6 is 0 Å². The quantitative estimate of drug-likeness (QED) is 0.856. The van der Waals surface area contributed by atoms with Crippen molar-refractivity contribution in [3.63, 3.8) is 0 Å². The third-order valence-electron chi connectivity index (χ3n) is 3.87. The Morgan fingerprint density at radius 2 is 1.96 bits per heavy atom. The molecule has 0 saturated heterocycles. The van der Waals surface area contributed by atoms with Crippen molar-refractivity contribution in [1.82, 2.24) is 20.1 Å². The Morgan fingerprint density at radius 1 is 1.30 bits per heavy atom. The molecule has 0 aliphatic rings. The van der Waals surface area contributed by atoms with Crippen LogP contribution in [0.2, 0.25) is 0 Å². The molecule has 2 aromatic rings. The Kier molecular flexibility index (Phi) is 5.82. The van der Waals surface area contributed by atoms with Gasteiger partial charge < -0.3 is 10.1 Å². The van der Waals surface area contributed by atoms with Crippen LogP contribution in [0.3, 0.4) is 0 Å². The van der Waals surface area contributed by atoms with Gasteiger partial charge in [0, 0.05) is 24.7 Å². The van der Waals surface area contributed by atoms with Gasteiger partial charge in [-0.3, -0.25) is 9.48 Å². The summed E-state index contributed by atoms with van der Waals surface area (Å²) in [6.07, 6.45) is -3.04. The summed E-state index contributed by atoms with van der Waals surface area (Å²) >= 11 is 0. The van der Waals surface area contributed by atoms with E-state index in [1.165, 1.54) is 16.9 Å². The third kappa shape index (κ3) is 5.70. The monoisotopic (exact) mass is 384 g/mol. The maximum absolute atomic E-state index is 12.5. The molecule has 1 unspecified atom stereocenters. The highest BCUT2D eigenvalue weighted by Crippen LogP contribution is 2.22. The largest absolute Gasteiger partial charge is 0.468 e. The first kappa shape index (κ1) is 20.7. The van der Waals surface area contributed by atoms with Gasteiger partial charge in [-0.05, 0) is 18.6 Å². The van der Waals surface area contributed by atoms with Crippen molar-refractivity contribution in [2.24, 2.45) is 7.05 Å². The molecule has 0 spiro atoms. The minimum atomic E-state index is -4.42. The van der Waals surface area contributed by atoms with Crippen LogP contribution in [-0.2, 0) is 12.5 Å². The lowest BCUT2D eigenvalue weighted by Gasteiger charge is -2.15. The predicted molar refractivity (Wildman–Crippen MR) is 93.6 cm³/mol. The molecular weight excluding hydrogens is 361 g/mol. The molecule has 27 heavy (non-hydrogen) atoms. The highest BCUT2D eigenvalue weighted by molar-refractivity contribution is 5.93. The molecule has 148 valence electrons. The Morgan fingerprint density at radius 3 is 2.44 bits per heavy atom. The number of carbonyl (C=O) groups excluding carboxylic acids is 1. The summed E-state index contributed by atoms with van der Waals surface area (Å²) in [5.74, 6) is -0.429. The molecule has 1 amide bonds. The van der Waals surface area contributed by atoms with Crippen molar-refractivity contribution in [1.29, 1.82) is 0 Å². The Balaban J connectivity index is 2.03. The van der Waals surface area contributed by atoms with Gasteiger partial charge in [0.05, 0.1) is 11.7 Å². The first-order chi connectivity index (χ1) is 12.4. The van der Waals surface area contributed by atoms with Crippen molar-refractivity contribution in [3.05, 3.63) is 41.3 Å². The second-order valence-electron chi connectivity index (χ2n) is 7.32. The molecule has 2 rings (SSSR count). The van der Waals surface area contributed by atoms with E-state index in [1.807, 2.05) is 20.8 Å². The van der Waals surface area contributed by atoms with Crippen LogP contribution in [0.5, 0.6) is 5.88 Å². The topological polar surface area (TPSA) is 69.0 Å². The fourth-order valence-electron chi connectivity index (χ4n) is 2.29. The molecule has 1 N–H and O–H groups in total. The van der Waals surface area contributed by atoms with Crippen LogP contribution in [-0.4, -0.2) is 33.5 Å². The maximum atomic E-state index is 12.5. The number of rotatable bonds is 5. The number of aromatic nitrogens is 3. The SMILES string of the molecule is CC(NC(=O)c1cc(C(C)(C)C)nn1C)c1ccc(OCC(F)(F)F)nc1. The highest BCUT2D eigenvalue weighted by atomic mass is 19.4. The fraction of sp³-hybridized carbons (Fsp3) is 0.500. The van der Waals surface area contributed by atoms with Gasteiger partial charge in [-0.2, -0.15) is 18.3 Å². The van der Waals surface area contributed by atoms with Gasteiger partial charge in [-0.15, -0.1) is 0 Å². The number of nitrogens with zero attached hydrogens (tertiary/aromatic N) is 3. The van der Waals surface area contributed by atoms with Gasteiger partial charge in [0.1, 0.15) is 5.69 Å². The molecule has 0 saturated carbocycles. The number of alkyl halides is 3. The van der Waals surface area contributed by atoms with Crippen molar-refractivity contribution < 1.29 is 22.7 Å². The van der Waals surface area contributed by atoms with Gasteiger partial charge in [0.25, 0.3) is 5.91 Å². The summed E-state index contributed by atoms with van der Waals surface area (Å²) in [5.41, 5.74) is 1.68. The second kappa shape index (κ2) is 7.58. The molecule has 0 bridgehead atoms. The van der Waals surface area contributed by atoms with E-state index in [0.29, 0.717) is 11.3 Å². The molecule has 2 heterocycles. The predicted octanol–water partition coefficient (Wildman–Crippen LogP) is 3.54. The van der Waals surface area contributed by atoms with Crippen LogP contribution in [0, 0.1) is 0 Å². The summed E-state index contributed by atoms with van der Waals surface area (Å²) in [5, 5.41) is 7.20. The van der Waals surface area contributed by atoms with Gasteiger partial charge >= 0.3 is 6.18 Å². The Labute approximate surface area is 155 Å². The van der Waals surface area contributed by atoms with E-state index in [2.05, 4.69) is 20.1 Å². The average molecular weight is 384 g/mol. The molecule has 6 nitrogen and oxygen atoms in total. The van der Waals surface area contributed by atoms with E-state index in [0.717, 1.165) is 5.69 Å². The summed E-state index contributed by atoms with van der Waals surface area (Å²) in [6, 6.07) is 4.25. The maximum Gasteiger partial charge on any atom is 0.422 e. The lowest BCUT2D eigenvalue weighted by atomic mass is 9.92. The number of pyridine rings is 1. The molecule has 0 radical (unpaired) electrons. The molecular formula is C18H23F3N4O2. The zero-order chi connectivity index (χ0) is 20.4. The zero-order valence-electron chi connectivity index (χ0n) is 15.9. The summed E-state index contributed by atoms with van der Waals surface area (Å²) in [6.45, 7) is 6.38. The average Bonchev–Trinajstić information content (AvgIpc) is 2.95. The highest BCUT2D eigenvalue weighted by Gasteiger charge is 2.28. The standard InChI is InChI=1S/C18H23F3N4O2/c1-11(12-6-7-15(22-9-12)27-10-18(19,20)21)23-16(26)13-8-14(17(2,3)4)24-25(13)5/h6-9,11H,10H2,1-5H3,(H,23,26). The molecule has 1 atom stereocenters. The van der Waals surface area contributed by atoms with Gasteiger partial charge in [0.2, 0.25) is 5.88 Å². The number of carbonyl (C=O) groups is 1. The number of amides is 1. The molecule has 2 aromatic heterocycles. The van der Waals surface area contributed by atoms with Crippen LogP contribution in [0.4, 0.5) is 13.2 Å². The van der Waals surface area contributed by atoms with Gasteiger partial charge in [0.15, 0.2) is 6.61 Å². The number of aryl methyl sites for hydroxylation is 1. The molecule has 9 heteroatoms. The summed E-state index contributed by atoms with van der Waals surface area (Å²) in [4.78, 5) is 16.4. The van der Waals surface area contributed by atoms with Crippen molar-refractivity contribution in [2.45, 2.75) is 45.3 Å². The molecule has 0 aliphatic carbocycles. The van der Waals surface area contributed by atoms with E-state index in [1.54, 1.807) is 26.1 Å². The smallest absolute Gasteiger partial charge is 0.422 e. The number of hydrogen-bond donors (Lipinski definition) is 1. The molecule has 0 fully saturated rings. The van der Waals surface area contributed by atoms with E-state index in [-0.39, 0.29) is 17.2 Å². The summed E-state index contributed by atoms with van der Waals surface area (Å²) < 4.78 is 42.6. The van der Waals surface area contributed by atoms with Crippen LogP contribution in [0.25, 0.3) is 0 Å². The van der Waals surface area contributed by atoms with Crippen LogP contribution < -0.4 is 10.1 Å². The lowest BCUT2D eigenvalue weighted by molar-refractivity contribution is -0.154. The Bertz CT molecular complexity index is 792. The number of nitrogens with one attached hydrogen (secondary N) is 1. The number of hydrogen-bond acceptors (Lipinski definition) is 4. The van der Waals surface area contributed by atoms with E-state index in [4.69, 9.17) is 0 Å². The van der Waals surface area contributed by atoms with Crippen molar-refractivity contribution in [2.75, 3.05) is 6.61 Å². The van der Waals surface area contributed by atoms with Crippen LogP contribution in [0.15, 0.2) is 24.4 Å². The van der Waals surface area contributed by atoms with Crippen molar-refractivity contribution >= 4 is 5.91 Å². The number of ether oxygens (including phenoxy) is 1. The minimum Gasteiger partial charge on any atom is -0.468 e. The lowest BCUT2D eigenvalue weighted by Crippen LogP contribution is -2.28. The minimum absolute atomic E-state index is 0.129. The zero-order valence-corrected chi connectivity index (χ0v) is 15.9. The molecule has 0 aromatic carbocycles. The Hall–Kier alpha value is -2.58. The first-order valence-corrected chi connectivity index (χ1v) is 8.38. The van der Waals surface area contributed by atoms with Crippen LogP contribution in [0.1, 0.15) is 55.5 Å². The normalized spacial score (nSPS) is 13.3. The number of halogens is 3. The van der Waals surface area contributed by atoms with Crippen molar-refractivity contribution in [3.8, 4) is 5.88 Å². The van der Waals surface area contributed by atoms with E-state index in [9.17, 15) is 18.0 Å². The molecule has 0 aliphatic heterocycles. The summed E-state index contributed by atoms with van der Waals surface area (Å²) in [7, 11) is 1.70. The third-order valence-corrected chi connectivity index (χ3v) is 3.87.